The van der Waals surface area contributed by atoms with Crippen LogP contribution < -0.4 is 5.43 Å². The first-order chi connectivity index (χ1) is 7.33. The minimum absolute atomic E-state index is 1.13. The Hall–Kier alpha value is -0.380. The van der Waals surface area contributed by atoms with Crippen LogP contribution in [0.15, 0.2) is 12.7 Å². The molecule has 1 aliphatic heterocycles. The largest absolute Gasteiger partial charge is 0.304 e. The molecule has 0 atom stereocenters. The van der Waals surface area contributed by atoms with Crippen LogP contribution in [0, 0.1) is 0 Å². The van der Waals surface area contributed by atoms with Crippen molar-refractivity contribution in [2.75, 3.05) is 39.8 Å². The molecule has 1 aliphatic rings. The average molecular weight is 211 g/mol. The first-order valence-electron chi connectivity index (χ1n) is 6.11. The van der Waals surface area contributed by atoms with Gasteiger partial charge in [0.25, 0.3) is 0 Å². The van der Waals surface area contributed by atoms with Crippen molar-refractivity contribution in [3.05, 3.63) is 12.7 Å². The zero-order valence-corrected chi connectivity index (χ0v) is 10.0. The second kappa shape index (κ2) is 7.85. The Bertz CT molecular complexity index is 162. The van der Waals surface area contributed by atoms with E-state index in [4.69, 9.17) is 0 Å². The molecule has 1 heterocycles. The van der Waals surface area contributed by atoms with Gasteiger partial charge in [0.05, 0.1) is 0 Å². The normalized spacial score (nSPS) is 19.3. The monoisotopic (exact) mass is 211 g/mol. The van der Waals surface area contributed by atoms with Crippen LogP contribution in [0.5, 0.6) is 0 Å². The molecule has 3 heteroatoms. The number of nitrogens with zero attached hydrogens (tertiary/aromatic N) is 2. The highest BCUT2D eigenvalue weighted by molar-refractivity contribution is 4.67. The minimum atomic E-state index is 1.13. The van der Waals surface area contributed by atoms with E-state index < -0.39 is 0 Å². The fourth-order valence-corrected chi connectivity index (χ4v) is 1.79. The van der Waals surface area contributed by atoms with Crippen molar-refractivity contribution in [1.29, 1.82) is 0 Å². The van der Waals surface area contributed by atoms with Gasteiger partial charge < -0.3 is 4.90 Å². The van der Waals surface area contributed by atoms with Crippen molar-refractivity contribution in [3.63, 3.8) is 0 Å². The highest BCUT2D eigenvalue weighted by Crippen LogP contribution is 2.00. The highest BCUT2D eigenvalue weighted by Gasteiger charge is 2.12. The molecule has 0 aliphatic carbocycles. The summed E-state index contributed by atoms with van der Waals surface area (Å²) in [6.07, 6.45) is 7.04. The molecule has 0 radical (unpaired) electrons. The summed E-state index contributed by atoms with van der Waals surface area (Å²) in [7, 11) is 2.19. The maximum Gasteiger partial charge on any atom is 0.0259 e. The summed E-state index contributed by atoms with van der Waals surface area (Å²) in [6.45, 7) is 9.54. The van der Waals surface area contributed by atoms with E-state index in [0.29, 0.717) is 0 Å². The third-order valence-corrected chi connectivity index (χ3v) is 2.92. The number of hydrogen-bond acceptors (Lipinski definition) is 3. The van der Waals surface area contributed by atoms with Gasteiger partial charge in [0, 0.05) is 32.7 Å². The number of hydrogen-bond donors (Lipinski definition) is 1. The molecule has 0 unspecified atom stereocenters. The topological polar surface area (TPSA) is 18.5 Å². The predicted octanol–water partition coefficient (Wildman–Crippen LogP) is 1.48. The predicted molar refractivity (Wildman–Crippen MR) is 65.7 cm³/mol. The molecule has 0 spiro atoms. The Morgan fingerprint density at radius 2 is 1.87 bits per heavy atom. The fourth-order valence-electron chi connectivity index (χ4n) is 1.79. The number of likely N-dealkylation sites (N-methyl/N-ethyl adjacent to an activating group) is 1. The Balaban J connectivity index is 1.89. The Morgan fingerprint density at radius 1 is 1.13 bits per heavy atom. The van der Waals surface area contributed by atoms with Crippen molar-refractivity contribution < 1.29 is 0 Å². The van der Waals surface area contributed by atoms with Gasteiger partial charge in [-0.25, -0.2) is 5.01 Å². The standard InChI is InChI=1S/C12H25N3/c1-3-4-5-6-7-8-13-15-11-9-14(2)10-12-15/h3,13H,1,4-12H2,2H3. The fraction of sp³-hybridized carbons (Fsp3) is 0.833. The van der Waals surface area contributed by atoms with Crippen LogP contribution >= 0.6 is 0 Å². The first kappa shape index (κ1) is 12.7. The molecule has 1 saturated heterocycles. The maximum atomic E-state index is 3.73. The van der Waals surface area contributed by atoms with E-state index in [9.17, 15) is 0 Å². The zero-order chi connectivity index (χ0) is 10.9. The smallest absolute Gasteiger partial charge is 0.0259 e. The molecule has 1 fully saturated rings. The van der Waals surface area contributed by atoms with Crippen LogP contribution in [0.4, 0.5) is 0 Å². The van der Waals surface area contributed by atoms with E-state index in [0.717, 1.165) is 26.1 Å². The van der Waals surface area contributed by atoms with Crippen LogP contribution in [-0.2, 0) is 0 Å². The molecule has 88 valence electrons. The van der Waals surface area contributed by atoms with Gasteiger partial charge in [0.2, 0.25) is 0 Å². The van der Waals surface area contributed by atoms with Crippen LogP contribution in [0.3, 0.4) is 0 Å². The molecule has 0 bridgehead atoms. The minimum Gasteiger partial charge on any atom is -0.304 e. The molecule has 0 saturated carbocycles. The lowest BCUT2D eigenvalue weighted by atomic mass is 10.2. The van der Waals surface area contributed by atoms with Gasteiger partial charge in [-0.1, -0.05) is 12.5 Å². The van der Waals surface area contributed by atoms with Crippen molar-refractivity contribution in [1.82, 2.24) is 15.3 Å². The molecular formula is C12H25N3. The third-order valence-electron chi connectivity index (χ3n) is 2.92. The summed E-state index contributed by atoms with van der Waals surface area (Å²) in [5, 5.41) is 2.35. The van der Waals surface area contributed by atoms with Gasteiger partial charge in [0.1, 0.15) is 0 Å². The molecule has 0 amide bonds. The van der Waals surface area contributed by atoms with Gasteiger partial charge in [-0.2, -0.15) is 0 Å². The van der Waals surface area contributed by atoms with E-state index in [1.165, 1.54) is 32.4 Å². The van der Waals surface area contributed by atoms with Crippen LogP contribution in [0.2, 0.25) is 0 Å². The highest BCUT2D eigenvalue weighted by atomic mass is 15.5. The Labute approximate surface area is 94.1 Å². The average Bonchev–Trinajstić information content (AvgIpc) is 2.26. The molecule has 0 aromatic carbocycles. The van der Waals surface area contributed by atoms with Gasteiger partial charge in [0.15, 0.2) is 0 Å². The van der Waals surface area contributed by atoms with E-state index in [-0.39, 0.29) is 0 Å². The van der Waals surface area contributed by atoms with Gasteiger partial charge in [-0.3, -0.25) is 5.43 Å². The van der Waals surface area contributed by atoms with Crippen molar-refractivity contribution in [2.45, 2.75) is 25.7 Å². The molecule has 3 nitrogen and oxygen atoms in total. The lowest BCUT2D eigenvalue weighted by Gasteiger charge is -2.32. The van der Waals surface area contributed by atoms with Crippen molar-refractivity contribution in [2.24, 2.45) is 0 Å². The Kier molecular flexibility index (Phi) is 6.64. The van der Waals surface area contributed by atoms with E-state index in [1.807, 2.05) is 6.08 Å². The summed E-state index contributed by atoms with van der Waals surface area (Å²) < 4.78 is 0. The molecular weight excluding hydrogens is 186 g/mol. The van der Waals surface area contributed by atoms with E-state index >= 15 is 0 Å². The van der Waals surface area contributed by atoms with Crippen molar-refractivity contribution >= 4 is 0 Å². The molecule has 0 aromatic rings. The van der Waals surface area contributed by atoms with Crippen molar-refractivity contribution in [3.8, 4) is 0 Å². The number of rotatable bonds is 7. The summed E-state index contributed by atoms with van der Waals surface area (Å²) >= 11 is 0. The molecule has 15 heavy (non-hydrogen) atoms. The number of allylic oxidation sites excluding steroid dienone is 1. The number of unbranched alkanes of at least 4 members (excludes halogenated alkanes) is 3. The van der Waals surface area contributed by atoms with E-state index in [2.05, 4.69) is 29.0 Å². The number of hydrazine groups is 1. The second-order valence-corrected chi connectivity index (χ2v) is 4.34. The van der Waals surface area contributed by atoms with Crippen LogP contribution in [0.25, 0.3) is 0 Å². The van der Waals surface area contributed by atoms with Crippen LogP contribution in [0.1, 0.15) is 25.7 Å². The van der Waals surface area contributed by atoms with Gasteiger partial charge in [-0.15, -0.1) is 6.58 Å². The third kappa shape index (κ3) is 5.92. The van der Waals surface area contributed by atoms with E-state index in [1.54, 1.807) is 0 Å². The summed E-state index contributed by atoms with van der Waals surface area (Å²) in [6, 6.07) is 0. The van der Waals surface area contributed by atoms with Gasteiger partial charge in [-0.05, 0) is 26.3 Å². The summed E-state index contributed by atoms with van der Waals surface area (Å²) in [5.41, 5.74) is 3.50. The molecule has 1 rings (SSSR count). The van der Waals surface area contributed by atoms with Crippen LogP contribution in [-0.4, -0.2) is 49.7 Å². The number of piperazine rings is 1. The molecule has 0 aromatic heterocycles. The maximum absolute atomic E-state index is 3.73. The van der Waals surface area contributed by atoms with Gasteiger partial charge >= 0.3 is 0 Å². The zero-order valence-electron chi connectivity index (χ0n) is 10.0. The number of nitrogens with one attached hydrogen (secondary N) is 1. The summed E-state index contributed by atoms with van der Waals surface area (Å²) in [4.78, 5) is 2.38. The molecule has 1 N–H and O–H groups in total. The first-order valence-corrected chi connectivity index (χ1v) is 6.11. The second-order valence-electron chi connectivity index (χ2n) is 4.34. The lowest BCUT2D eigenvalue weighted by Crippen LogP contribution is -2.50. The lowest BCUT2D eigenvalue weighted by molar-refractivity contribution is 0.104. The SMILES string of the molecule is C=CCCCCCNN1CCN(C)CC1. The quantitative estimate of drug-likeness (QED) is 0.508. The Morgan fingerprint density at radius 3 is 2.53 bits per heavy atom. The summed E-state index contributed by atoms with van der Waals surface area (Å²) in [5.74, 6) is 0.